The molecule has 0 amide bonds. The van der Waals surface area contributed by atoms with Crippen LogP contribution < -0.4 is 5.32 Å². The maximum absolute atomic E-state index is 14.6. The van der Waals surface area contributed by atoms with Gasteiger partial charge in [0.05, 0.1) is 0 Å². The van der Waals surface area contributed by atoms with Crippen LogP contribution in [-0.2, 0) is 25.4 Å². The number of hydrogen-bond donors (Lipinski definition) is 1. The molecule has 1 aromatic heterocycles. The van der Waals surface area contributed by atoms with Gasteiger partial charge in [-0.05, 0) is 55.2 Å². The van der Waals surface area contributed by atoms with Gasteiger partial charge in [-0.25, -0.2) is 4.39 Å². The second-order valence-corrected chi connectivity index (χ2v) is 9.76. The molecule has 2 aliphatic carbocycles. The van der Waals surface area contributed by atoms with Gasteiger partial charge in [-0.3, -0.25) is 0 Å². The molecule has 2 heterocycles. The highest BCUT2D eigenvalue weighted by Gasteiger charge is 2.63. The number of benzene rings is 1. The standard InChI is InChI=1S/C21H25BrFN3S/c1-25-18(8-9-24-14-4-2-3-5-14)19-16-11-21(16,12-26(19)20(25)27)15-10-13(22)6-7-17(15)23/h6-7,10,14,16,24H,2-5,8-9,11-12H2,1H3/t16-,21+/m0/s1. The van der Waals surface area contributed by atoms with Gasteiger partial charge in [0.1, 0.15) is 5.82 Å². The number of nitrogens with one attached hydrogen (secondary N) is 1. The number of halogens is 2. The van der Waals surface area contributed by atoms with Crippen LogP contribution in [0, 0.1) is 10.6 Å². The van der Waals surface area contributed by atoms with Crippen molar-refractivity contribution in [3.63, 3.8) is 0 Å². The molecular formula is C21H25BrFN3S. The molecule has 2 saturated carbocycles. The fourth-order valence-electron chi connectivity index (χ4n) is 5.47. The van der Waals surface area contributed by atoms with Crippen molar-refractivity contribution >= 4 is 28.1 Å². The molecule has 0 bridgehead atoms. The molecule has 5 rings (SSSR count). The minimum absolute atomic E-state index is 0.0915. The molecule has 1 aliphatic heterocycles. The van der Waals surface area contributed by atoms with Gasteiger partial charge >= 0.3 is 0 Å². The summed E-state index contributed by atoms with van der Waals surface area (Å²) in [6.07, 6.45) is 7.34. The summed E-state index contributed by atoms with van der Waals surface area (Å²) in [6.45, 7) is 1.80. The number of rotatable bonds is 5. The van der Waals surface area contributed by atoms with Gasteiger partial charge < -0.3 is 14.5 Å². The molecule has 0 saturated heterocycles. The van der Waals surface area contributed by atoms with E-state index in [1.165, 1.54) is 37.1 Å². The quantitative estimate of drug-likeness (QED) is 0.650. The summed E-state index contributed by atoms with van der Waals surface area (Å²) in [7, 11) is 2.09. The van der Waals surface area contributed by atoms with Crippen molar-refractivity contribution in [1.29, 1.82) is 0 Å². The first-order valence-corrected chi connectivity index (χ1v) is 11.2. The Morgan fingerprint density at radius 2 is 2.11 bits per heavy atom. The third-order valence-corrected chi connectivity index (χ3v) is 7.96. The Bertz CT molecular complexity index is 959. The number of aromatic nitrogens is 2. The summed E-state index contributed by atoms with van der Waals surface area (Å²) < 4.78 is 20.9. The minimum atomic E-state index is -0.0986. The Balaban J connectivity index is 1.42. The van der Waals surface area contributed by atoms with Crippen LogP contribution >= 0.6 is 28.1 Å². The molecule has 27 heavy (non-hydrogen) atoms. The van der Waals surface area contributed by atoms with Crippen molar-refractivity contribution in [3.8, 4) is 0 Å². The predicted molar refractivity (Wildman–Crippen MR) is 111 cm³/mol. The summed E-state index contributed by atoms with van der Waals surface area (Å²) in [5, 5.41) is 3.72. The van der Waals surface area contributed by atoms with Gasteiger partial charge in [-0.1, -0.05) is 28.8 Å². The molecule has 2 atom stereocenters. The summed E-state index contributed by atoms with van der Waals surface area (Å²) >= 11 is 9.25. The lowest BCUT2D eigenvalue weighted by Gasteiger charge is -2.15. The first-order chi connectivity index (χ1) is 13.0. The van der Waals surface area contributed by atoms with E-state index in [0.717, 1.165) is 40.7 Å². The second kappa shape index (κ2) is 6.53. The SMILES string of the molecule is Cn1c(CCNC2CCCC2)c2n(c1=S)C[C@@]1(c3cc(Br)ccc3F)C[C@@H]21. The number of hydrogen-bond acceptors (Lipinski definition) is 2. The van der Waals surface area contributed by atoms with Crippen LogP contribution in [-0.4, -0.2) is 21.7 Å². The highest BCUT2D eigenvalue weighted by Crippen LogP contribution is 2.66. The monoisotopic (exact) mass is 449 g/mol. The molecule has 3 nitrogen and oxygen atoms in total. The third kappa shape index (κ3) is 2.78. The Hall–Kier alpha value is -0.980. The first-order valence-electron chi connectivity index (χ1n) is 9.98. The molecule has 0 unspecified atom stereocenters. The van der Waals surface area contributed by atoms with E-state index < -0.39 is 0 Å². The lowest BCUT2D eigenvalue weighted by molar-refractivity contribution is 0.519. The number of nitrogens with zero attached hydrogens (tertiary/aromatic N) is 2. The van der Waals surface area contributed by atoms with Crippen molar-refractivity contribution in [2.24, 2.45) is 7.05 Å². The summed E-state index contributed by atoms with van der Waals surface area (Å²) in [5.74, 6) is 0.303. The smallest absolute Gasteiger partial charge is 0.180 e. The summed E-state index contributed by atoms with van der Waals surface area (Å²) in [4.78, 5) is 0. The highest BCUT2D eigenvalue weighted by molar-refractivity contribution is 9.10. The Kier molecular flexibility index (Phi) is 4.37. The molecular weight excluding hydrogens is 425 g/mol. The van der Waals surface area contributed by atoms with Gasteiger partial charge in [0.25, 0.3) is 0 Å². The molecule has 2 aromatic rings. The lowest BCUT2D eigenvalue weighted by Crippen LogP contribution is -2.28. The summed E-state index contributed by atoms with van der Waals surface area (Å²) in [5.41, 5.74) is 3.44. The largest absolute Gasteiger partial charge is 0.324 e. The third-order valence-electron chi connectivity index (χ3n) is 6.97. The normalized spacial score (nSPS) is 26.4. The van der Waals surface area contributed by atoms with Crippen molar-refractivity contribution in [2.45, 2.75) is 62.4 Å². The van der Waals surface area contributed by atoms with Crippen LogP contribution in [0.15, 0.2) is 22.7 Å². The van der Waals surface area contributed by atoms with Crippen molar-refractivity contribution in [2.75, 3.05) is 6.54 Å². The summed E-state index contributed by atoms with van der Waals surface area (Å²) in [6, 6.07) is 6.01. The number of imidazole rings is 1. The van der Waals surface area contributed by atoms with Crippen LogP contribution in [0.5, 0.6) is 0 Å². The molecule has 0 radical (unpaired) electrons. The van der Waals surface area contributed by atoms with E-state index in [1.807, 2.05) is 6.07 Å². The second-order valence-electron chi connectivity index (χ2n) is 8.48. The molecule has 0 spiro atoms. The molecule has 2 fully saturated rings. The van der Waals surface area contributed by atoms with Gasteiger partial charge in [0.15, 0.2) is 4.77 Å². The van der Waals surface area contributed by atoms with Gasteiger partial charge in [-0.15, -0.1) is 0 Å². The van der Waals surface area contributed by atoms with Crippen molar-refractivity contribution in [1.82, 2.24) is 14.5 Å². The highest BCUT2D eigenvalue weighted by atomic mass is 79.9. The van der Waals surface area contributed by atoms with Crippen molar-refractivity contribution in [3.05, 3.63) is 50.2 Å². The van der Waals surface area contributed by atoms with Gasteiger partial charge in [0.2, 0.25) is 0 Å². The van der Waals surface area contributed by atoms with Gasteiger partial charge in [-0.2, -0.15) is 0 Å². The lowest BCUT2D eigenvalue weighted by atomic mass is 9.93. The topological polar surface area (TPSA) is 21.9 Å². The van der Waals surface area contributed by atoms with Crippen LogP contribution in [0.25, 0.3) is 0 Å². The molecule has 1 N–H and O–H groups in total. The van der Waals surface area contributed by atoms with Crippen LogP contribution in [0.2, 0.25) is 0 Å². The number of fused-ring (bicyclic) bond motifs is 3. The molecule has 6 heteroatoms. The first kappa shape index (κ1) is 18.1. The predicted octanol–water partition coefficient (Wildman–Crippen LogP) is 4.97. The van der Waals surface area contributed by atoms with E-state index in [0.29, 0.717) is 12.0 Å². The van der Waals surface area contributed by atoms with Crippen LogP contribution in [0.4, 0.5) is 4.39 Å². The van der Waals surface area contributed by atoms with E-state index in [1.54, 1.807) is 12.1 Å². The Morgan fingerprint density at radius 1 is 1.33 bits per heavy atom. The Morgan fingerprint density at radius 3 is 2.89 bits per heavy atom. The molecule has 1 aromatic carbocycles. The van der Waals surface area contributed by atoms with E-state index in [9.17, 15) is 4.39 Å². The zero-order valence-corrected chi connectivity index (χ0v) is 18.0. The average Bonchev–Trinajstić information content (AvgIpc) is 2.97. The van der Waals surface area contributed by atoms with E-state index in [4.69, 9.17) is 12.2 Å². The maximum atomic E-state index is 14.6. The van der Waals surface area contributed by atoms with E-state index in [-0.39, 0.29) is 11.2 Å². The minimum Gasteiger partial charge on any atom is -0.324 e. The average molecular weight is 450 g/mol. The maximum Gasteiger partial charge on any atom is 0.180 e. The van der Waals surface area contributed by atoms with Crippen LogP contribution in [0.3, 0.4) is 0 Å². The molecule has 3 aliphatic rings. The van der Waals surface area contributed by atoms with Gasteiger partial charge in [0, 0.05) is 59.8 Å². The zero-order valence-electron chi connectivity index (χ0n) is 15.6. The molecule has 144 valence electrons. The fraction of sp³-hybridized carbons (Fsp3) is 0.571. The Labute approximate surface area is 173 Å². The van der Waals surface area contributed by atoms with E-state index >= 15 is 0 Å². The van der Waals surface area contributed by atoms with Crippen LogP contribution in [0.1, 0.15) is 55.0 Å². The fourth-order valence-corrected chi connectivity index (χ4v) is 6.11. The van der Waals surface area contributed by atoms with Crippen molar-refractivity contribution < 1.29 is 4.39 Å². The zero-order chi connectivity index (χ0) is 18.8. The van der Waals surface area contributed by atoms with E-state index in [2.05, 4.69) is 37.4 Å².